The summed E-state index contributed by atoms with van der Waals surface area (Å²) < 4.78 is 12.2. The van der Waals surface area contributed by atoms with Crippen LogP contribution in [-0.2, 0) is 4.74 Å². The van der Waals surface area contributed by atoms with E-state index >= 15 is 0 Å². The minimum Gasteiger partial charge on any atom is -0.465 e. The van der Waals surface area contributed by atoms with E-state index in [1.165, 1.54) is 19.3 Å². The van der Waals surface area contributed by atoms with Crippen LogP contribution in [0.5, 0.6) is 5.75 Å². The van der Waals surface area contributed by atoms with Crippen molar-refractivity contribution in [1.82, 2.24) is 0 Å². The van der Waals surface area contributed by atoms with Crippen molar-refractivity contribution in [3.63, 3.8) is 0 Å². The molecule has 2 aliphatic carbocycles. The number of ether oxygens (including phenoxy) is 2. The average molecular weight is 300 g/mol. The van der Waals surface area contributed by atoms with Crippen LogP contribution >= 0.6 is 0 Å². The van der Waals surface area contributed by atoms with E-state index in [0.717, 1.165) is 17.2 Å². The van der Waals surface area contributed by atoms with Gasteiger partial charge in [-0.25, -0.2) is 0 Å². The molecule has 2 heteroatoms. The van der Waals surface area contributed by atoms with E-state index in [0.29, 0.717) is 11.5 Å². The molecule has 4 atom stereocenters. The van der Waals surface area contributed by atoms with Gasteiger partial charge < -0.3 is 9.47 Å². The van der Waals surface area contributed by atoms with E-state index in [2.05, 4.69) is 27.4 Å². The molecule has 2 bridgehead atoms. The molecule has 1 aromatic carbocycles. The second-order valence-corrected chi connectivity index (χ2v) is 7.69. The van der Waals surface area contributed by atoms with Gasteiger partial charge in [-0.05, 0) is 60.6 Å². The first-order chi connectivity index (χ1) is 10.4. The fourth-order valence-corrected chi connectivity index (χ4v) is 4.47. The SMILES string of the molecule is C=Cc1ccc(OC(C)OC2CC3CCC2(C)C3(C)C)cc1. The molecular weight excluding hydrogens is 272 g/mol. The third kappa shape index (κ3) is 2.38. The Balaban J connectivity index is 1.63. The molecule has 0 aromatic heterocycles. The molecule has 0 spiro atoms. The fourth-order valence-electron chi connectivity index (χ4n) is 4.47. The minimum atomic E-state index is -0.216. The highest BCUT2D eigenvalue weighted by molar-refractivity contribution is 5.48. The van der Waals surface area contributed by atoms with Crippen LogP contribution < -0.4 is 4.74 Å². The fraction of sp³-hybridized carbons (Fsp3) is 0.600. The van der Waals surface area contributed by atoms with Gasteiger partial charge >= 0.3 is 0 Å². The topological polar surface area (TPSA) is 18.5 Å². The predicted octanol–water partition coefficient (Wildman–Crippen LogP) is 5.29. The third-order valence-corrected chi connectivity index (χ3v) is 6.49. The van der Waals surface area contributed by atoms with Gasteiger partial charge in [-0.1, -0.05) is 45.6 Å². The van der Waals surface area contributed by atoms with Crippen LogP contribution in [0.4, 0.5) is 0 Å². The Morgan fingerprint density at radius 3 is 2.41 bits per heavy atom. The van der Waals surface area contributed by atoms with E-state index in [1.54, 1.807) is 0 Å². The van der Waals surface area contributed by atoms with Gasteiger partial charge in [0.15, 0.2) is 6.29 Å². The normalized spacial score (nSPS) is 33.6. The van der Waals surface area contributed by atoms with Gasteiger partial charge in [0.05, 0.1) is 6.10 Å². The van der Waals surface area contributed by atoms with E-state index in [4.69, 9.17) is 9.47 Å². The van der Waals surface area contributed by atoms with E-state index in [-0.39, 0.29) is 11.7 Å². The zero-order valence-electron chi connectivity index (χ0n) is 14.3. The highest BCUT2D eigenvalue weighted by Crippen LogP contribution is 2.66. The Morgan fingerprint density at radius 2 is 1.91 bits per heavy atom. The Kier molecular flexibility index (Phi) is 3.84. The maximum atomic E-state index is 6.30. The van der Waals surface area contributed by atoms with Crippen LogP contribution in [0.15, 0.2) is 30.8 Å². The summed E-state index contributed by atoms with van der Waals surface area (Å²) in [6.45, 7) is 13.0. The van der Waals surface area contributed by atoms with Gasteiger partial charge in [0, 0.05) is 0 Å². The molecule has 2 fully saturated rings. The standard InChI is InChI=1S/C20H28O2/c1-6-15-7-9-17(10-8-15)21-14(2)22-18-13-16-11-12-20(18,5)19(16,3)4/h6-10,14,16,18H,1,11-13H2,2-5H3. The number of hydrogen-bond acceptors (Lipinski definition) is 2. The summed E-state index contributed by atoms with van der Waals surface area (Å²) in [5, 5.41) is 0. The van der Waals surface area contributed by atoms with Gasteiger partial charge in [-0.3, -0.25) is 0 Å². The Hall–Kier alpha value is -1.28. The first-order valence-corrected chi connectivity index (χ1v) is 8.41. The quantitative estimate of drug-likeness (QED) is 0.688. The molecule has 0 N–H and O–H groups in total. The maximum Gasteiger partial charge on any atom is 0.197 e. The van der Waals surface area contributed by atoms with Crippen molar-refractivity contribution in [3.8, 4) is 5.75 Å². The molecule has 2 nitrogen and oxygen atoms in total. The van der Waals surface area contributed by atoms with Crippen LogP contribution in [0.3, 0.4) is 0 Å². The monoisotopic (exact) mass is 300 g/mol. The largest absolute Gasteiger partial charge is 0.465 e. The summed E-state index contributed by atoms with van der Waals surface area (Å²) in [6, 6.07) is 7.97. The molecule has 0 radical (unpaired) electrons. The Labute approximate surface area is 134 Å². The van der Waals surface area contributed by atoms with Gasteiger partial charge in [-0.15, -0.1) is 0 Å². The molecule has 22 heavy (non-hydrogen) atoms. The number of hydrogen-bond donors (Lipinski definition) is 0. The molecule has 2 aliphatic rings. The second kappa shape index (κ2) is 5.42. The Bertz CT molecular complexity index is 545. The molecular formula is C20H28O2. The molecule has 2 saturated carbocycles. The molecule has 0 saturated heterocycles. The van der Waals surface area contributed by atoms with Crippen LogP contribution in [0.2, 0.25) is 0 Å². The van der Waals surface area contributed by atoms with Crippen LogP contribution in [0.1, 0.15) is 52.5 Å². The van der Waals surface area contributed by atoms with E-state index < -0.39 is 0 Å². The predicted molar refractivity (Wildman–Crippen MR) is 90.7 cm³/mol. The van der Waals surface area contributed by atoms with Crippen molar-refractivity contribution < 1.29 is 9.47 Å². The molecule has 4 unspecified atom stereocenters. The summed E-state index contributed by atoms with van der Waals surface area (Å²) in [5.74, 6) is 1.65. The van der Waals surface area contributed by atoms with Gasteiger partial charge in [-0.2, -0.15) is 0 Å². The van der Waals surface area contributed by atoms with E-state index in [9.17, 15) is 0 Å². The number of benzene rings is 1. The maximum absolute atomic E-state index is 6.30. The second-order valence-electron chi connectivity index (χ2n) is 7.69. The van der Waals surface area contributed by atoms with Crippen molar-refractivity contribution in [2.24, 2.45) is 16.7 Å². The lowest BCUT2D eigenvalue weighted by Gasteiger charge is -2.39. The third-order valence-electron chi connectivity index (χ3n) is 6.49. The number of fused-ring (bicyclic) bond motifs is 2. The minimum absolute atomic E-state index is 0.216. The average Bonchev–Trinajstić information content (AvgIpc) is 2.81. The van der Waals surface area contributed by atoms with Crippen molar-refractivity contribution >= 4 is 6.08 Å². The number of rotatable bonds is 5. The summed E-state index contributed by atoms with van der Waals surface area (Å²) >= 11 is 0. The van der Waals surface area contributed by atoms with E-state index in [1.807, 2.05) is 37.3 Å². The molecule has 0 heterocycles. The zero-order chi connectivity index (χ0) is 16.0. The summed E-state index contributed by atoms with van der Waals surface area (Å²) in [7, 11) is 0. The van der Waals surface area contributed by atoms with Gasteiger partial charge in [0.1, 0.15) is 5.75 Å². The van der Waals surface area contributed by atoms with Crippen LogP contribution in [0.25, 0.3) is 6.08 Å². The Morgan fingerprint density at radius 1 is 1.23 bits per heavy atom. The lowest BCUT2D eigenvalue weighted by molar-refractivity contribution is -0.150. The molecule has 0 aliphatic heterocycles. The highest BCUT2D eigenvalue weighted by atomic mass is 16.7. The van der Waals surface area contributed by atoms with Gasteiger partial charge in [0.25, 0.3) is 0 Å². The zero-order valence-corrected chi connectivity index (χ0v) is 14.3. The lowest BCUT2D eigenvalue weighted by atomic mass is 9.70. The molecule has 0 amide bonds. The first kappa shape index (κ1) is 15.6. The van der Waals surface area contributed by atoms with Gasteiger partial charge in [0.2, 0.25) is 0 Å². The summed E-state index contributed by atoms with van der Waals surface area (Å²) in [4.78, 5) is 0. The molecule has 120 valence electrons. The first-order valence-electron chi connectivity index (χ1n) is 8.41. The highest BCUT2D eigenvalue weighted by Gasteiger charge is 2.62. The van der Waals surface area contributed by atoms with Crippen LogP contribution in [-0.4, -0.2) is 12.4 Å². The van der Waals surface area contributed by atoms with Crippen molar-refractivity contribution in [1.29, 1.82) is 0 Å². The summed E-state index contributed by atoms with van der Waals surface area (Å²) in [5.41, 5.74) is 1.76. The summed E-state index contributed by atoms with van der Waals surface area (Å²) in [6.07, 6.45) is 5.72. The van der Waals surface area contributed by atoms with Crippen molar-refractivity contribution in [2.75, 3.05) is 0 Å². The van der Waals surface area contributed by atoms with Crippen molar-refractivity contribution in [2.45, 2.75) is 59.4 Å². The van der Waals surface area contributed by atoms with Crippen molar-refractivity contribution in [3.05, 3.63) is 36.4 Å². The molecule has 1 aromatic rings. The molecule has 3 rings (SSSR count). The smallest absolute Gasteiger partial charge is 0.197 e. The lowest BCUT2D eigenvalue weighted by Crippen LogP contribution is -2.39. The van der Waals surface area contributed by atoms with Crippen LogP contribution in [0, 0.1) is 16.7 Å².